The van der Waals surface area contributed by atoms with Crippen LogP contribution in [0.2, 0.25) is 0 Å². The van der Waals surface area contributed by atoms with Crippen LogP contribution >= 0.6 is 0 Å². The van der Waals surface area contributed by atoms with Gasteiger partial charge in [0.15, 0.2) is 11.1 Å². The molecular formula is C12H19NO4S. The van der Waals surface area contributed by atoms with Crippen molar-refractivity contribution in [3.05, 3.63) is 0 Å². The summed E-state index contributed by atoms with van der Waals surface area (Å²) < 4.78 is 21.7. The van der Waals surface area contributed by atoms with E-state index in [1.165, 1.54) is 6.42 Å². The molecule has 3 fully saturated rings. The Hall–Kier alpha value is -0.620. The monoisotopic (exact) mass is 273 g/mol. The van der Waals surface area contributed by atoms with Crippen LogP contribution in [0.3, 0.4) is 0 Å². The third-order valence-corrected chi connectivity index (χ3v) is 4.90. The molecule has 3 rings (SSSR count). The Morgan fingerprint density at radius 3 is 2.39 bits per heavy atom. The molecule has 0 spiro atoms. The molecule has 1 amide bonds. The first-order valence-electron chi connectivity index (χ1n) is 6.57. The third kappa shape index (κ3) is 1.95. The van der Waals surface area contributed by atoms with Gasteiger partial charge in [0.05, 0.1) is 12.7 Å². The maximum absolute atomic E-state index is 12.0. The Kier molecular flexibility index (Phi) is 3.10. The fraction of sp³-hybridized carbons (Fsp3) is 0.917. The number of nitrogens with zero attached hydrogens (tertiary/aromatic N) is 1. The number of hydrogen-bond acceptors (Lipinski definition) is 4. The molecule has 0 radical (unpaired) electrons. The van der Waals surface area contributed by atoms with Gasteiger partial charge in [0.2, 0.25) is 0 Å². The molecule has 6 atom stereocenters. The first kappa shape index (κ1) is 12.4. The largest absolute Gasteiger partial charge is 0.450 e. The van der Waals surface area contributed by atoms with Crippen molar-refractivity contribution in [2.75, 3.05) is 12.9 Å². The fourth-order valence-corrected chi connectivity index (χ4v) is 4.27. The molecule has 5 unspecified atom stereocenters. The number of carbonyl (C=O) groups is 1. The number of amides is 1. The number of ether oxygens (including phenoxy) is 1. The third-order valence-electron chi connectivity index (χ3n) is 4.35. The Labute approximate surface area is 109 Å². The number of rotatable bonds is 3. The second kappa shape index (κ2) is 4.49. The second-order valence-electron chi connectivity index (χ2n) is 5.40. The van der Waals surface area contributed by atoms with Crippen LogP contribution in [0.25, 0.3) is 0 Å². The van der Waals surface area contributed by atoms with Gasteiger partial charge in [-0.25, -0.2) is 9.00 Å². The Morgan fingerprint density at radius 2 is 1.89 bits per heavy atom. The van der Waals surface area contributed by atoms with Crippen LogP contribution in [0.1, 0.15) is 26.2 Å². The van der Waals surface area contributed by atoms with Gasteiger partial charge in [0, 0.05) is 18.3 Å². The first-order chi connectivity index (χ1) is 8.61. The van der Waals surface area contributed by atoms with Gasteiger partial charge in [-0.2, -0.15) is 0 Å². The average Bonchev–Trinajstić information content (AvgIpc) is 3.03. The average molecular weight is 273 g/mol. The van der Waals surface area contributed by atoms with E-state index in [9.17, 15) is 9.00 Å². The molecular weight excluding hydrogens is 254 g/mol. The topological polar surface area (TPSA) is 55.8 Å². The summed E-state index contributed by atoms with van der Waals surface area (Å²) >= 11 is -1.22. The SMILES string of the molecule is CCOC(=O)N1C2CC(OS(C)=O)CC1[C@H]1CC21. The summed E-state index contributed by atoms with van der Waals surface area (Å²) in [6, 6.07) is 0.475. The van der Waals surface area contributed by atoms with Gasteiger partial charge in [0.1, 0.15) is 0 Å². The van der Waals surface area contributed by atoms with Crippen molar-refractivity contribution in [3.8, 4) is 0 Å². The number of hydrogen-bond donors (Lipinski definition) is 0. The maximum Gasteiger partial charge on any atom is 0.410 e. The van der Waals surface area contributed by atoms with Crippen LogP contribution in [0.15, 0.2) is 0 Å². The van der Waals surface area contributed by atoms with Crippen LogP contribution in [-0.4, -0.2) is 46.3 Å². The van der Waals surface area contributed by atoms with Gasteiger partial charge >= 0.3 is 6.09 Å². The summed E-state index contributed by atoms with van der Waals surface area (Å²) in [4.78, 5) is 13.9. The van der Waals surface area contributed by atoms with E-state index in [0.29, 0.717) is 18.4 Å². The predicted molar refractivity (Wildman–Crippen MR) is 66.2 cm³/mol. The van der Waals surface area contributed by atoms with E-state index in [0.717, 1.165) is 12.8 Å². The van der Waals surface area contributed by atoms with Crippen LogP contribution in [0, 0.1) is 11.8 Å². The van der Waals surface area contributed by atoms with Crippen LogP contribution < -0.4 is 0 Å². The lowest BCUT2D eigenvalue weighted by molar-refractivity contribution is 0.0251. The summed E-state index contributed by atoms with van der Waals surface area (Å²) in [7, 11) is 0. The maximum atomic E-state index is 12.0. The normalized spacial score (nSPS) is 42.3. The van der Waals surface area contributed by atoms with Crippen LogP contribution in [-0.2, 0) is 20.0 Å². The summed E-state index contributed by atoms with van der Waals surface area (Å²) in [6.45, 7) is 2.25. The second-order valence-corrected chi connectivity index (χ2v) is 6.39. The van der Waals surface area contributed by atoms with Gasteiger partial charge < -0.3 is 9.64 Å². The fourth-order valence-electron chi connectivity index (χ4n) is 3.73. The summed E-state index contributed by atoms with van der Waals surface area (Å²) in [5.41, 5.74) is 0. The highest BCUT2D eigenvalue weighted by Crippen LogP contribution is 2.58. The molecule has 18 heavy (non-hydrogen) atoms. The van der Waals surface area contributed by atoms with E-state index < -0.39 is 11.1 Å². The highest BCUT2D eigenvalue weighted by atomic mass is 32.2. The number of piperidine rings is 2. The molecule has 2 saturated heterocycles. The molecule has 1 saturated carbocycles. The van der Waals surface area contributed by atoms with E-state index in [2.05, 4.69) is 0 Å². The molecule has 6 heteroatoms. The Balaban J connectivity index is 1.71. The van der Waals surface area contributed by atoms with Crippen LogP contribution in [0.4, 0.5) is 4.79 Å². The van der Waals surface area contributed by atoms with Gasteiger partial charge in [-0.15, -0.1) is 0 Å². The van der Waals surface area contributed by atoms with Crippen molar-refractivity contribution >= 4 is 17.2 Å². The lowest BCUT2D eigenvalue weighted by atomic mass is 9.96. The molecule has 0 aromatic heterocycles. The Bertz CT molecular complexity index is 370. The van der Waals surface area contributed by atoms with Gasteiger partial charge in [-0.1, -0.05) is 0 Å². The quantitative estimate of drug-likeness (QED) is 0.778. The predicted octanol–water partition coefficient (Wildman–Crippen LogP) is 1.30. The lowest BCUT2D eigenvalue weighted by Crippen LogP contribution is -2.51. The minimum atomic E-state index is -1.22. The minimum absolute atomic E-state index is 0.0318. The zero-order valence-electron chi connectivity index (χ0n) is 10.7. The molecule has 0 aromatic carbocycles. The summed E-state index contributed by atoms with van der Waals surface area (Å²) in [5, 5.41) is 0. The minimum Gasteiger partial charge on any atom is -0.450 e. The van der Waals surface area contributed by atoms with E-state index in [4.69, 9.17) is 8.92 Å². The Morgan fingerprint density at radius 1 is 1.28 bits per heavy atom. The van der Waals surface area contributed by atoms with Crippen molar-refractivity contribution in [1.29, 1.82) is 0 Å². The van der Waals surface area contributed by atoms with E-state index in [-0.39, 0.29) is 24.3 Å². The molecule has 3 aliphatic rings. The summed E-state index contributed by atoms with van der Waals surface area (Å²) in [6.07, 6.45) is 4.24. The molecule has 0 N–H and O–H groups in total. The van der Waals surface area contributed by atoms with Crippen molar-refractivity contribution in [2.45, 2.75) is 44.4 Å². The zero-order chi connectivity index (χ0) is 12.9. The smallest absolute Gasteiger partial charge is 0.410 e. The molecule has 0 aromatic rings. The van der Waals surface area contributed by atoms with Gasteiger partial charge in [0.25, 0.3) is 0 Å². The summed E-state index contributed by atoms with van der Waals surface area (Å²) in [5.74, 6) is 1.25. The van der Waals surface area contributed by atoms with Crippen molar-refractivity contribution < 1.29 is 17.9 Å². The molecule has 1 aliphatic carbocycles. The van der Waals surface area contributed by atoms with Crippen molar-refractivity contribution in [2.24, 2.45) is 11.8 Å². The molecule has 2 aliphatic heterocycles. The van der Waals surface area contributed by atoms with Gasteiger partial charge in [-0.3, -0.25) is 4.18 Å². The van der Waals surface area contributed by atoms with Crippen LogP contribution in [0.5, 0.6) is 0 Å². The highest BCUT2D eigenvalue weighted by molar-refractivity contribution is 7.79. The lowest BCUT2D eigenvalue weighted by Gasteiger charge is -2.39. The van der Waals surface area contributed by atoms with E-state index in [1.54, 1.807) is 6.26 Å². The highest BCUT2D eigenvalue weighted by Gasteiger charge is 2.63. The zero-order valence-corrected chi connectivity index (χ0v) is 11.5. The standard InChI is InChI=1S/C12H19NO4S/c1-3-16-12(14)13-10-4-7(17-18(2)15)5-11(13)9-6-8(9)10/h7-11H,3-6H2,1-2H3/t7?,8-,9?,10?,11?,18?/m0/s1. The van der Waals surface area contributed by atoms with Crippen molar-refractivity contribution in [1.82, 2.24) is 4.90 Å². The molecule has 2 heterocycles. The van der Waals surface area contributed by atoms with Crippen molar-refractivity contribution in [3.63, 3.8) is 0 Å². The number of fused-ring (bicyclic) bond motifs is 5. The molecule has 102 valence electrons. The molecule has 5 nitrogen and oxygen atoms in total. The molecule has 2 bridgehead atoms. The number of carbonyl (C=O) groups excluding carboxylic acids is 1. The first-order valence-corrected chi connectivity index (χ1v) is 8.05. The van der Waals surface area contributed by atoms with E-state index in [1.807, 2.05) is 11.8 Å². The van der Waals surface area contributed by atoms with E-state index >= 15 is 0 Å². The van der Waals surface area contributed by atoms with Gasteiger partial charge in [-0.05, 0) is 38.0 Å².